The van der Waals surface area contributed by atoms with E-state index in [4.69, 9.17) is 0 Å². The van der Waals surface area contributed by atoms with E-state index >= 15 is 0 Å². The van der Waals surface area contributed by atoms with Crippen molar-refractivity contribution in [2.45, 2.75) is 11.7 Å². The Kier molecular flexibility index (Phi) is 6.71. The van der Waals surface area contributed by atoms with Gasteiger partial charge in [-0.2, -0.15) is 0 Å². The van der Waals surface area contributed by atoms with Crippen molar-refractivity contribution in [3.05, 3.63) is 58.6 Å². The number of amides is 2. The summed E-state index contributed by atoms with van der Waals surface area (Å²) < 4.78 is 5.58. The average Bonchev–Trinajstić information content (AvgIpc) is 2.97. The quantitative estimate of drug-likeness (QED) is 0.663. The number of nitrogens with one attached hydrogen (secondary N) is 1. The van der Waals surface area contributed by atoms with Crippen molar-refractivity contribution in [1.29, 1.82) is 0 Å². The molecule has 0 aromatic heterocycles. The van der Waals surface area contributed by atoms with E-state index in [1.54, 1.807) is 43.4 Å². The van der Waals surface area contributed by atoms with E-state index in [-0.39, 0.29) is 18.2 Å². The number of nitrogens with zero attached hydrogens (tertiary/aromatic N) is 2. The smallest absolute Gasteiger partial charge is 0.337 e. The number of methoxy groups -OCH3 is 1. The van der Waals surface area contributed by atoms with Gasteiger partial charge in [0.25, 0.3) is 0 Å². The van der Waals surface area contributed by atoms with Crippen molar-refractivity contribution >= 4 is 62.0 Å². The second-order valence-electron chi connectivity index (χ2n) is 6.20. The van der Waals surface area contributed by atoms with Gasteiger partial charge < -0.3 is 10.1 Å². The highest BCUT2D eigenvalue weighted by Gasteiger charge is 2.37. The van der Waals surface area contributed by atoms with Crippen molar-refractivity contribution in [1.82, 2.24) is 4.90 Å². The predicted octanol–water partition coefficient (Wildman–Crippen LogP) is 3.83. The minimum atomic E-state index is -0.538. The van der Waals surface area contributed by atoms with Crippen LogP contribution in [0.15, 0.2) is 58.0 Å². The van der Waals surface area contributed by atoms with E-state index in [0.29, 0.717) is 22.1 Å². The zero-order valence-electron chi connectivity index (χ0n) is 15.7. The van der Waals surface area contributed by atoms with Gasteiger partial charge in [-0.05, 0) is 48.5 Å². The normalized spacial score (nSPS) is 17.5. The third kappa shape index (κ3) is 5.24. The van der Waals surface area contributed by atoms with Crippen LogP contribution in [0, 0.1) is 0 Å². The molecule has 9 heteroatoms. The fourth-order valence-corrected chi connectivity index (χ4v) is 4.03. The minimum Gasteiger partial charge on any atom is -0.465 e. The van der Waals surface area contributed by atoms with Gasteiger partial charge in [0, 0.05) is 23.6 Å². The Hall–Kier alpha value is -2.65. The maximum Gasteiger partial charge on any atom is 0.337 e. The number of esters is 1. The molecule has 2 amide bonds. The Morgan fingerprint density at radius 2 is 1.83 bits per heavy atom. The predicted molar refractivity (Wildman–Crippen MR) is 116 cm³/mol. The summed E-state index contributed by atoms with van der Waals surface area (Å²) in [6.45, 7) is 0. The molecule has 0 radical (unpaired) electrons. The van der Waals surface area contributed by atoms with Gasteiger partial charge in [0.2, 0.25) is 11.8 Å². The molecule has 1 saturated heterocycles. The number of carbonyl (C=O) groups is 3. The Morgan fingerprint density at radius 1 is 1.17 bits per heavy atom. The molecule has 29 heavy (non-hydrogen) atoms. The monoisotopic (exact) mass is 475 g/mol. The number of anilines is 1. The van der Waals surface area contributed by atoms with Crippen LogP contribution in [0.1, 0.15) is 16.8 Å². The zero-order valence-corrected chi connectivity index (χ0v) is 18.1. The molecule has 150 valence electrons. The lowest BCUT2D eigenvalue weighted by Crippen LogP contribution is -2.30. The molecule has 2 aromatic rings. The Bertz CT molecular complexity index is 961. The van der Waals surface area contributed by atoms with Crippen molar-refractivity contribution in [3.63, 3.8) is 0 Å². The molecule has 0 bridgehead atoms. The third-order valence-electron chi connectivity index (χ3n) is 4.15. The standard InChI is InChI=1S/C20H18BrN3O4S/c1-24-18(26)16(11-17(25)22-14-9-5-13(21)6-10-14)29-20(24)23-15-7-3-12(4-8-15)19(27)28-2/h3-10,16H,11H2,1-2H3,(H,22,25)/t16-/m0/s1. The van der Waals surface area contributed by atoms with Gasteiger partial charge >= 0.3 is 5.97 Å². The van der Waals surface area contributed by atoms with Gasteiger partial charge in [-0.1, -0.05) is 27.7 Å². The largest absolute Gasteiger partial charge is 0.465 e. The van der Waals surface area contributed by atoms with Gasteiger partial charge in [0.05, 0.1) is 18.4 Å². The molecule has 1 atom stereocenters. The Morgan fingerprint density at radius 3 is 2.45 bits per heavy atom. The van der Waals surface area contributed by atoms with Crippen LogP contribution in [0.5, 0.6) is 0 Å². The van der Waals surface area contributed by atoms with Gasteiger partial charge in [-0.3, -0.25) is 14.5 Å². The second kappa shape index (κ2) is 9.23. The minimum absolute atomic E-state index is 0.0458. The van der Waals surface area contributed by atoms with E-state index in [2.05, 4.69) is 31.0 Å². The summed E-state index contributed by atoms with van der Waals surface area (Å²) in [6, 6.07) is 13.8. The molecule has 1 N–H and O–H groups in total. The zero-order chi connectivity index (χ0) is 21.0. The van der Waals surface area contributed by atoms with Crippen LogP contribution in [-0.2, 0) is 14.3 Å². The average molecular weight is 476 g/mol. The van der Waals surface area contributed by atoms with Crippen LogP contribution in [-0.4, -0.2) is 47.3 Å². The van der Waals surface area contributed by atoms with Gasteiger partial charge in [-0.15, -0.1) is 0 Å². The van der Waals surface area contributed by atoms with Gasteiger partial charge in [0.1, 0.15) is 5.25 Å². The number of rotatable bonds is 5. The van der Waals surface area contributed by atoms with Crippen LogP contribution in [0.3, 0.4) is 0 Å². The molecule has 0 saturated carbocycles. The van der Waals surface area contributed by atoms with E-state index in [1.165, 1.54) is 23.8 Å². The molecular weight excluding hydrogens is 458 g/mol. The molecule has 7 nitrogen and oxygen atoms in total. The number of amidine groups is 1. The number of ether oxygens (including phenoxy) is 1. The molecule has 0 spiro atoms. The maximum absolute atomic E-state index is 12.5. The first-order valence-corrected chi connectivity index (χ1v) is 10.3. The van der Waals surface area contributed by atoms with E-state index in [9.17, 15) is 14.4 Å². The summed E-state index contributed by atoms with van der Waals surface area (Å²) in [6.07, 6.45) is 0.0458. The molecule has 3 rings (SSSR count). The van der Waals surface area contributed by atoms with Crippen molar-refractivity contribution in [3.8, 4) is 0 Å². The lowest BCUT2D eigenvalue weighted by molar-refractivity contribution is -0.127. The first kappa shape index (κ1) is 21.1. The lowest BCUT2D eigenvalue weighted by atomic mass is 10.2. The fourth-order valence-electron chi connectivity index (χ4n) is 2.61. The SMILES string of the molecule is COC(=O)c1ccc(N=C2S[C@@H](CC(=O)Nc3ccc(Br)cc3)C(=O)N2C)cc1. The summed E-state index contributed by atoms with van der Waals surface area (Å²) in [5.74, 6) is -0.843. The van der Waals surface area contributed by atoms with Crippen molar-refractivity contribution in [2.75, 3.05) is 19.5 Å². The highest BCUT2D eigenvalue weighted by Crippen LogP contribution is 2.31. The molecule has 0 aliphatic carbocycles. The van der Waals surface area contributed by atoms with Crippen LogP contribution >= 0.6 is 27.7 Å². The Balaban J connectivity index is 1.65. The van der Waals surface area contributed by atoms with Crippen LogP contribution in [0.4, 0.5) is 11.4 Å². The lowest BCUT2D eigenvalue weighted by Gasteiger charge is -2.09. The van der Waals surface area contributed by atoms with Crippen molar-refractivity contribution < 1.29 is 19.1 Å². The topological polar surface area (TPSA) is 88.1 Å². The summed E-state index contributed by atoms with van der Waals surface area (Å²) in [4.78, 5) is 42.2. The van der Waals surface area contributed by atoms with E-state index in [1.807, 2.05) is 12.1 Å². The molecule has 0 unspecified atom stereocenters. The third-order valence-corrected chi connectivity index (χ3v) is 5.91. The number of halogens is 1. The summed E-state index contributed by atoms with van der Waals surface area (Å²) in [5.41, 5.74) is 1.68. The first-order chi connectivity index (χ1) is 13.9. The van der Waals surface area contributed by atoms with E-state index < -0.39 is 11.2 Å². The number of carbonyl (C=O) groups excluding carboxylic acids is 3. The second-order valence-corrected chi connectivity index (χ2v) is 8.28. The number of aliphatic imine (C=N–C) groups is 1. The molecular formula is C20H18BrN3O4S. The molecule has 1 heterocycles. The number of benzene rings is 2. The van der Waals surface area contributed by atoms with Crippen LogP contribution in [0.25, 0.3) is 0 Å². The van der Waals surface area contributed by atoms with Crippen molar-refractivity contribution in [2.24, 2.45) is 4.99 Å². The van der Waals surface area contributed by atoms with Crippen LogP contribution in [0.2, 0.25) is 0 Å². The number of thioether (sulfide) groups is 1. The van der Waals surface area contributed by atoms with Crippen LogP contribution < -0.4 is 5.32 Å². The summed E-state index contributed by atoms with van der Waals surface area (Å²) in [7, 11) is 2.95. The molecule has 1 aliphatic heterocycles. The van der Waals surface area contributed by atoms with Gasteiger partial charge in [-0.25, -0.2) is 9.79 Å². The number of hydrogen-bond acceptors (Lipinski definition) is 6. The molecule has 2 aromatic carbocycles. The summed E-state index contributed by atoms with van der Waals surface area (Å²) >= 11 is 4.59. The first-order valence-electron chi connectivity index (χ1n) is 8.64. The highest BCUT2D eigenvalue weighted by molar-refractivity contribution is 9.10. The summed E-state index contributed by atoms with van der Waals surface area (Å²) in [5, 5.41) is 2.75. The van der Waals surface area contributed by atoms with Gasteiger partial charge in [0.15, 0.2) is 5.17 Å². The molecule has 1 fully saturated rings. The fraction of sp³-hybridized carbons (Fsp3) is 0.200. The maximum atomic E-state index is 12.5. The highest BCUT2D eigenvalue weighted by atomic mass is 79.9. The van der Waals surface area contributed by atoms with E-state index in [0.717, 1.165) is 4.47 Å². The molecule has 1 aliphatic rings. The Labute approximate surface area is 180 Å². The number of hydrogen-bond donors (Lipinski definition) is 1.